The summed E-state index contributed by atoms with van der Waals surface area (Å²) >= 11 is 0. The molecule has 0 heterocycles. The van der Waals surface area contributed by atoms with Gasteiger partial charge in [-0.05, 0) is 25.5 Å². The summed E-state index contributed by atoms with van der Waals surface area (Å²) in [6.07, 6.45) is 0.779. The number of hydrogen-bond donors (Lipinski definition) is 2. The molecule has 0 aliphatic rings. The molecule has 1 aromatic rings. The number of hydrogen-bond acceptors (Lipinski definition) is 3. The van der Waals surface area contributed by atoms with Gasteiger partial charge in [0, 0.05) is 31.5 Å². The lowest BCUT2D eigenvalue weighted by Gasteiger charge is -2.10. The predicted octanol–water partition coefficient (Wildman–Crippen LogP) is 1.70. The van der Waals surface area contributed by atoms with Crippen LogP contribution in [0.5, 0.6) is 0 Å². The zero-order valence-corrected chi connectivity index (χ0v) is 10.8. The highest BCUT2D eigenvalue weighted by Gasteiger charge is 2.05. The number of methoxy groups -OCH3 is 1. The molecule has 0 aliphatic heterocycles. The lowest BCUT2D eigenvalue weighted by Crippen LogP contribution is -2.31. The van der Waals surface area contributed by atoms with E-state index < -0.39 is 0 Å². The second-order valence-corrected chi connectivity index (χ2v) is 3.96. The number of benzene rings is 1. The van der Waals surface area contributed by atoms with Gasteiger partial charge in [0.15, 0.2) is 0 Å². The molecule has 0 unspecified atom stereocenters. The molecule has 0 fully saturated rings. The van der Waals surface area contributed by atoms with Crippen molar-refractivity contribution in [2.24, 2.45) is 0 Å². The summed E-state index contributed by atoms with van der Waals surface area (Å²) in [5, 5.41) is 5.66. The van der Waals surface area contributed by atoms with Gasteiger partial charge in [-0.25, -0.2) is 4.39 Å². The maximum Gasteiger partial charge on any atom is 0.239 e. The highest BCUT2D eigenvalue weighted by molar-refractivity contribution is 5.80. The van der Waals surface area contributed by atoms with Crippen molar-refractivity contribution in [2.45, 2.75) is 13.3 Å². The predicted molar refractivity (Wildman–Crippen MR) is 69.1 cm³/mol. The van der Waals surface area contributed by atoms with E-state index in [-0.39, 0.29) is 18.3 Å². The number of carbonyl (C=O) groups excluding carboxylic acids is 1. The highest BCUT2D eigenvalue weighted by atomic mass is 19.1. The second kappa shape index (κ2) is 7.66. The van der Waals surface area contributed by atoms with Crippen LogP contribution in [-0.4, -0.2) is 32.7 Å². The van der Waals surface area contributed by atoms with Crippen LogP contribution in [0.3, 0.4) is 0 Å². The Morgan fingerprint density at radius 3 is 2.94 bits per heavy atom. The lowest BCUT2D eigenvalue weighted by atomic mass is 10.2. The van der Waals surface area contributed by atoms with E-state index in [1.54, 1.807) is 26.2 Å². The fraction of sp³-hybridized carbons (Fsp3) is 0.462. The Hall–Kier alpha value is -1.62. The Balaban J connectivity index is 2.32. The SMILES string of the molecule is COCCCNC(=O)CNc1cccc(F)c1C. The summed E-state index contributed by atoms with van der Waals surface area (Å²) in [5.74, 6) is -0.393. The maximum atomic E-state index is 13.2. The summed E-state index contributed by atoms with van der Waals surface area (Å²) in [6, 6.07) is 4.75. The first kappa shape index (κ1) is 14.4. The number of carbonyl (C=O) groups is 1. The van der Waals surface area contributed by atoms with Crippen LogP contribution in [-0.2, 0) is 9.53 Å². The van der Waals surface area contributed by atoms with Crippen LogP contribution in [0, 0.1) is 12.7 Å². The van der Waals surface area contributed by atoms with Crippen LogP contribution >= 0.6 is 0 Å². The van der Waals surface area contributed by atoms with Crippen LogP contribution < -0.4 is 10.6 Å². The first-order chi connectivity index (χ1) is 8.65. The third-order valence-electron chi connectivity index (χ3n) is 2.55. The van der Waals surface area contributed by atoms with Gasteiger partial charge in [-0.1, -0.05) is 6.07 Å². The molecular formula is C13H19FN2O2. The van der Waals surface area contributed by atoms with Gasteiger partial charge in [0.05, 0.1) is 6.54 Å². The summed E-state index contributed by atoms with van der Waals surface area (Å²) in [6.45, 7) is 3.01. The van der Waals surface area contributed by atoms with Crippen LogP contribution in [0.4, 0.5) is 10.1 Å². The zero-order chi connectivity index (χ0) is 13.4. The average molecular weight is 254 g/mol. The molecule has 2 N–H and O–H groups in total. The molecular weight excluding hydrogens is 235 g/mol. The first-order valence-electron chi connectivity index (χ1n) is 5.89. The van der Waals surface area contributed by atoms with Gasteiger partial charge in [-0.15, -0.1) is 0 Å². The van der Waals surface area contributed by atoms with Gasteiger partial charge in [0.1, 0.15) is 5.82 Å². The van der Waals surface area contributed by atoms with E-state index >= 15 is 0 Å². The number of nitrogens with one attached hydrogen (secondary N) is 2. The van der Waals surface area contributed by atoms with Crippen molar-refractivity contribution in [1.82, 2.24) is 5.32 Å². The minimum absolute atomic E-state index is 0.116. The zero-order valence-electron chi connectivity index (χ0n) is 10.8. The molecule has 18 heavy (non-hydrogen) atoms. The summed E-state index contributed by atoms with van der Waals surface area (Å²) in [7, 11) is 1.62. The lowest BCUT2D eigenvalue weighted by molar-refractivity contribution is -0.119. The van der Waals surface area contributed by atoms with Crippen molar-refractivity contribution in [3.63, 3.8) is 0 Å². The van der Waals surface area contributed by atoms with E-state index in [2.05, 4.69) is 10.6 Å². The quantitative estimate of drug-likeness (QED) is 0.728. The molecule has 1 aromatic carbocycles. The van der Waals surface area contributed by atoms with E-state index in [0.29, 0.717) is 24.4 Å². The van der Waals surface area contributed by atoms with Crippen LogP contribution in [0.25, 0.3) is 0 Å². The normalized spacial score (nSPS) is 10.2. The molecule has 0 spiro atoms. The molecule has 0 saturated carbocycles. The Bertz CT molecular complexity index is 397. The first-order valence-corrected chi connectivity index (χ1v) is 5.89. The molecule has 0 aromatic heterocycles. The van der Waals surface area contributed by atoms with Gasteiger partial charge in [-0.2, -0.15) is 0 Å². The molecule has 4 nitrogen and oxygen atoms in total. The number of amides is 1. The van der Waals surface area contributed by atoms with E-state index in [4.69, 9.17) is 4.74 Å². The van der Waals surface area contributed by atoms with Gasteiger partial charge >= 0.3 is 0 Å². The molecule has 0 atom stereocenters. The van der Waals surface area contributed by atoms with E-state index in [1.807, 2.05) is 0 Å². The fourth-order valence-corrected chi connectivity index (χ4v) is 1.48. The number of ether oxygens (including phenoxy) is 1. The van der Waals surface area contributed by atoms with Gasteiger partial charge < -0.3 is 15.4 Å². The number of anilines is 1. The fourth-order valence-electron chi connectivity index (χ4n) is 1.48. The Morgan fingerprint density at radius 1 is 1.44 bits per heavy atom. The van der Waals surface area contributed by atoms with Gasteiger partial charge in [0.2, 0.25) is 5.91 Å². The minimum Gasteiger partial charge on any atom is -0.385 e. The minimum atomic E-state index is -0.277. The number of halogens is 1. The van der Waals surface area contributed by atoms with Crippen LogP contribution in [0.1, 0.15) is 12.0 Å². The van der Waals surface area contributed by atoms with Gasteiger partial charge in [0.25, 0.3) is 0 Å². The molecule has 1 amide bonds. The monoisotopic (exact) mass is 254 g/mol. The average Bonchev–Trinajstić information content (AvgIpc) is 2.36. The van der Waals surface area contributed by atoms with Gasteiger partial charge in [-0.3, -0.25) is 4.79 Å². The summed E-state index contributed by atoms with van der Waals surface area (Å²) in [4.78, 5) is 11.5. The summed E-state index contributed by atoms with van der Waals surface area (Å²) < 4.78 is 18.1. The molecule has 0 aliphatic carbocycles. The van der Waals surface area contributed by atoms with Crippen molar-refractivity contribution in [2.75, 3.05) is 32.1 Å². The van der Waals surface area contributed by atoms with E-state index in [0.717, 1.165) is 6.42 Å². The van der Waals surface area contributed by atoms with Crippen molar-refractivity contribution in [3.8, 4) is 0 Å². The summed E-state index contributed by atoms with van der Waals surface area (Å²) in [5.41, 5.74) is 1.16. The van der Waals surface area contributed by atoms with E-state index in [1.165, 1.54) is 6.07 Å². The van der Waals surface area contributed by atoms with Crippen molar-refractivity contribution < 1.29 is 13.9 Å². The van der Waals surface area contributed by atoms with Crippen LogP contribution in [0.15, 0.2) is 18.2 Å². The topological polar surface area (TPSA) is 50.4 Å². The molecule has 1 rings (SSSR count). The standard InChI is InChI=1S/C13H19FN2O2/c1-10-11(14)5-3-6-12(10)16-9-13(17)15-7-4-8-18-2/h3,5-6,16H,4,7-9H2,1-2H3,(H,15,17). The smallest absolute Gasteiger partial charge is 0.239 e. The van der Waals surface area contributed by atoms with Crippen molar-refractivity contribution >= 4 is 11.6 Å². The third-order valence-corrected chi connectivity index (χ3v) is 2.55. The molecule has 100 valence electrons. The molecule has 0 bridgehead atoms. The Labute approximate surface area is 107 Å². The third kappa shape index (κ3) is 4.71. The Kier molecular flexibility index (Phi) is 6.14. The molecule has 5 heteroatoms. The second-order valence-electron chi connectivity index (χ2n) is 3.96. The maximum absolute atomic E-state index is 13.2. The van der Waals surface area contributed by atoms with Crippen molar-refractivity contribution in [3.05, 3.63) is 29.6 Å². The molecule has 0 radical (unpaired) electrons. The highest BCUT2D eigenvalue weighted by Crippen LogP contribution is 2.16. The van der Waals surface area contributed by atoms with Crippen molar-refractivity contribution in [1.29, 1.82) is 0 Å². The number of rotatable bonds is 7. The van der Waals surface area contributed by atoms with Crippen LogP contribution in [0.2, 0.25) is 0 Å². The largest absolute Gasteiger partial charge is 0.385 e. The van der Waals surface area contributed by atoms with E-state index in [9.17, 15) is 9.18 Å². The molecule has 0 saturated heterocycles. The Morgan fingerprint density at radius 2 is 2.22 bits per heavy atom.